The first-order valence-electron chi connectivity index (χ1n) is 45.0. The summed E-state index contributed by atoms with van der Waals surface area (Å²) in [5.74, 6) is -8.95. The van der Waals surface area contributed by atoms with E-state index in [-0.39, 0.29) is 88.1 Å². The molecule has 0 bridgehead atoms. The number of benzene rings is 11. The number of imide groups is 3. The van der Waals surface area contributed by atoms with Gasteiger partial charge in [-0.1, -0.05) is 180 Å². The number of likely N-dealkylation sites (N-methyl/N-ethyl adjacent to an activating group) is 1. The van der Waals surface area contributed by atoms with Crippen LogP contribution in [0.2, 0.25) is 6.82 Å². The molecule has 17 rings (SSSR count). The Labute approximate surface area is 991 Å². The number of anilines is 3. The maximum Gasteiger partial charge on any atom is 1.00 e. The number of nitrogens with two attached hydrogens (primary N) is 1. The van der Waals surface area contributed by atoms with Crippen molar-refractivity contribution in [1.29, 1.82) is 0 Å². The molecule has 150 heavy (non-hydrogen) atoms. The van der Waals surface area contributed by atoms with Gasteiger partial charge in [-0.3, -0.25) is 92.0 Å². The standard InChI is InChI=1S/C28H23BIN3O4.C27H20IN3O3.C21H17N3O3.C11H14INO2.C10H12INO2.C6H4I2.2C2H4O2.CHO3.2Ag.Pd/c1-17(19-9-5-11-20(30)16-19)25(32-26(34)21-12-3-4-13-22(21)27(32)35)28(36)33(29(2)37)23-14-6-8-18-10-7-15-31-24(18)23;1-16(18-8-4-10-19(28)15-18)24(31-26(33)20-11-2-3-12-21(20)27(31)34)25(32)30-22-13-5-7-17-9-6-14-29-23(17)22;1-2-17(24-20(26)14-9-3-4-10-15(14)21(24)27)19(25)23-16-11-5-7-13-8-6-12-22-18(13)16;1-7(10(13-2)11(14)15)8-4-3-5-9(12)6-8;1-6(9(12)10(13)14)7-3-2-4-8(11)5-7;7-5-2-1-3-6(8)4-5;2*1-2(3)4;2-1-4-3;;;/h3-17,25,37H,1-2H3;2-16,24H,1H3,(H,30,32);3-12,17H,2H2,1H3,(H,23,25);3-7,10,13H,1-2H3,(H,14,15);2-6,9H,12H2,1H3,(H,13,14);1-4H;2*1H3,(H,3,4);3H;;;/q;;;;;;;;-1;;+1;/t17?,25-;16?,24-;17-;7?,10-;6?,9-;;;;;;;/m00000......./s1. The minimum absolute atomic E-state index is 0. The molecule has 0 fully saturated rings. The van der Waals surface area contributed by atoms with Gasteiger partial charge < -0.3 is 61.6 Å². The third-order valence-electron chi connectivity index (χ3n) is 23.0. The number of aliphatic carboxylic acids is 4. The van der Waals surface area contributed by atoms with Crippen molar-refractivity contribution in [3.8, 4) is 0 Å². The Balaban J connectivity index is 0.000000280. The summed E-state index contributed by atoms with van der Waals surface area (Å²) in [7, 11) is 0.421. The zero-order chi connectivity index (χ0) is 108. The summed E-state index contributed by atoms with van der Waals surface area (Å²) in [6, 6.07) is 82.1. The maximum atomic E-state index is 14.4. The Bertz CT molecular complexity index is 7040. The first kappa shape index (κ1) is 128. The average Bonchev–Trinajstić information content (AvgIpc) is 1.59. The number of carbonyl (C=O) groups excluding carboxylic acids is 10. The van der Waals surface area contributed by atoms with Crippen LogP contribution in [0.5, 0.6) is 0 Å². The van der Waals surface area contributed by atoms with E-state index in [1.54, 1.807) is 136 Å². The maximum absolute atomic E-state index is 14.4. The molecule has 11 N–H and O–H groups in total. The molecule has 3 aromatic heterocycles. The largest absolute Gasteiger partial charge is 1.00 e. The van der Waals surface area contributed by atoms with E-state index in [2.05, 4.69) is 196 Å². The molecule has 789 valence electrons. The van der Waals surface area contributed by atoms with E-state index in [0.717, 1.165) is 87.7 Å². The number of halogens is 6. The van der Waals surface area contributed by atoms with Crippen molar-refractivity contribution in [3.05, 3.63) is 381 Å². The smallest absolute Gasteiger partial charge is 0.509 e. The molecule has 0 spiro atoms. The van der Waals surface area contributed by atoms with Crippen molar-refractivity contribution < 1.29 is 168 Å². The number of para-hydroxylation sites is 3. The third kappa shape index (κ3) is 34.4. The monoisotopic (exact) mass is 2980 g/mol. The minimum atomic E-state index is -1.25. The van der Waals surface area contributed by atoms with Gasteiger partial charge in [-0.15, -0.1) is 0 Å². The first-order valence-corrected chi connectivity index (χ1v) is 51.5. The molecular weight excluding hydrogens is 2880 g/mol. The summed E-state index contributed by atoms with van der Waals surface area (Å²) >= 11 is 13.4. The van der Waals surface area contributed by atoms with E-state index in [0.29, 0.717) is 62.3 Å². The van der Waals surface area contributed by atoms with Crippen molar-refractivity contribution in [1.82, 2.24) is 35.0 Å². The summed E-state index contributed by atoms with van der Waals surface area (Å²) < 4.78 is 6.77. The number of hydrogen-bond acceptors (Lipinski definition) is 22. The molecule has 0 saturated heterocycles. The van der Waals surface area contributed by atoms with E-state index < -0.39 is 126 Å². The Morgan fingerprint density at radius 1 is 0.420 bits per heavy atom. The van der Waals surface area contributed by atoms with Crippen LogP contribution in [0.1, 0.15) is 163 Å². The fraction of sp³-hybridized carbons (Fsp3) is 0.176. The van der Waals surface area contributed by atoms with Crippen molar-refractivity contribution in [3.63, 3.8) is 0 Å². The van der Waals surface area contributed by atoms with Crippen LogP contribution in [0, 0.1) is 21.4 Å². The second kappa shape index (κ2) is 62.4. The van der Waals surface area contributed by atoms with Gasteiger partial charge in [0, 0.05) is 136 Å². The van der Waals surface area contributed by atoms with Crippen LogP contribution < -0.4 is 26.5 Å². The number of hydrogen-bond donors (Lipinski definition) is 10. The van der Waals surface area contributed by atoms with Crippen molar-refractivity contribution >= 4 is 276 Å². The Morgan fingerprint density at radius 3 is 1.02 bits per heavy atom. The number of nitrogens with one attached hydrogen (secondary N) is 3. The zero-order valence-corrected chi connectivity index (χ0v) is 98.5. The van der Waals surface area contributed by atoms with E-state index in [1.807, 2.05) is 185 Å². The van der Waals surface area contributed by atoms with Gasteiger partial charge in [-0.25, -0.2) is 5.26 Å². The molecule has 14 aromatic rings. The molecule has 3 aliphatic rings. The average molecular weight is 2980 g/mol. The van der Waals surface area contributed by atoms with Crippen molar-refractivity contribution in [2.45, 2.75) is 116 Å². The van der Waals surface area contributed by atoms with Crippen LogP contribution in [0.3, 0.4) is 0 Å². The molecule has 0 aliphatic carbocycles. The van der Waals surface area contributed by atoms with E-state index >= 15 is 0 Å². The van der Waals surface area contributed by atoms with Gasteiger partial charge in [0.15, 0.2) is 0 Å². The normalized spacial score (nSPS) is 13.3. The number of amides is 9. The second-order valence-electron chi connectivity index (χ2n) is 32.8. The van der Waals surface area contributed by atoms with Gasteiger partial charge in [-0.2, -0.15) is 0 Å². The predicted octanol–water partition coefficient (Wildman–Crippen LogP) is 19.7. The first-order chi connectivity index (χ1) is 70.1. The van der Waals surface area contributed by atoms with Gasteiger partial charge in [0.1, 0.15) is 30.2 Å². The van der Waals surface area contributed by atoms with Crippen LogP contribution in [-0.4, -0.2) is 188 Å². The number of rotatable bonds is 23. The summed E-state index contributed by atoms with van der Waals surface area (Å²) in [5.41, 5.74) is 14.3. The number of carboxylic acid groups (broad SMARTS) is 4. The molecule has 3 aliphatic heterocycles. The fourth-order valence-electron chi connectivity index (χ4n) is 16.0. The van der Waals surface area contributed by atoms with Crippen LogP contribution in [0.15, 0.2) is 304 Å². The number of carboxylic acids is 4. The number of fused-ring (bicyclic) bond motifs is 6. The predicted molar refractivity (Wildman–Crippen MR) is 611 cm³/mol. The minimum Gasteiger partial charge on any atom is -0.509 e. The van der Waals surface area contributed by atoms with E-state index in [4.69, 9.17) is 45.8 Å². The van der Waals surface area contributed by atoms with Crippen LogP contribution in [-0.2, 0) is 108 Å². The second-order valence-corrected chi connectivity index (χ2v) is 40.3. The topological polar surface area (TPSA) is 483 Å². The van der Waals surface area contributed by atoms with Gasteiger partial charge in [-0.05, 0) is 324 Å². The summed E-state index contributed by atoms with van der Waals surface area (Å²) in [6.45, 7) is 13.6. The van der Waals surface area contributed by atoms with Crippen LogP contribution in [0.4, 0.5) is 17.1 Å². The summed E-state index contributed by atoms with van der Waals surface area (Å²) in [5, 5.41) is 61.6. The fourth-order valence-corrected chi connectivity index (χ4v) is 19.9. The summed E-state index contributed by atoms with van der Waals surface area (Å²) in [6.07, 6.45) is 5.25. The quantitative estimate of drug-likeness (QED) is 0.00710. The van der Waals surface area contributed by atoms with Crippen molar-refractivity contribution in [2.75, 3.05) is 22.5 Å². The van der Waals surface area contributed by atoms with Gasteiger partial charge in [0.2, 0.25) is 17.7 Å². The number of pyridine rings is 3. The van der Waals surface area contributed by atoms with Crippen LogP contribution in [0.25, 0.3) is 32.7 Å². The number of nitrogens with zero attached hydrogens (tertiary/aromatic N) is 7. The molecular formula is C108H99Ag2BI6N11O21Pd. The van der Waals surface area contributed by atoms with Gasteiger partial charge >= 0.3 is 41.4 Å². The summed E-state index contributed by atoms with van der Waals surface area (Å²) in [4.78, 5) is 189. The Kier molecular flexibility index (Phi) is 53.2. The van der Waals surface area contributed by atoms with Gasteiger partial charge in [0.25, 0.3) is 47.4 Å². The molecule has 4 unspecified atom stereocenters. The van der Waals surface area contributed by atoms with Gasteiger partial charge in [0.05, 0.1) is 67.0 Å². The van der Waals surface area contributed by atoms with Crippen molar-refractivity contribution in [2.24, 2.45) is 5.73 Å². The SMILES string of the molecule is CB(O)N(C(=O)[C@H](C(C)c1cccc(I)c1)N1C(=O)c2ccccc2C1=O)c1cccc2cccnc12.CC(=O)O.CC(=O)O.CC(c1cccc(I)c1)[C@@H](C(=O)Nc1cccc2cccnc12)N1C(=O)c2ccccc2C1=O.CC(c1cccc(I)c1)[C@H](N)C(=O)O.CC[C@@H](C(=O)Nc1cccc2cccnc12)N1C(=O)c2ccccc2C1=O.CN[C@H](C(=O)O)C(C)c1cccc(I)c1.Ic1cccc(I)c1.O=[C-]OO.[Ag+].[Ag].[Pd]. The molecule has 0 saturated carbocycles. The van der Waals surface area contributed by atoms with E-state index in [1.165, 1.54) is 18.8 Å². The molecule has 32 nitrogen and oxygen atoms in total. The number of carbonyl (C=O) groups is 13. The number of aromatic nitrogens is 3. The molecule has 42 heteroatoms. The molecule has 1 radical (unpaired) electrons. The molecule has 9 amide bonds. The molecule has 9 atom stereocenters. The Morgan fingerprint density at radius 2 is 0.707 bits per heavy atom. The molecule has 6 heterocycles. The van der Waals surface area contributed by atoms with Crippen LogP contribution >= 0.6 is 136 Å². The zero-order valence-electron chi connectivity index (χ0n) is 81.1. The molecule has 11 aromatic carbocycles. The Hall–Kier alpha value is -10.7. The third-order valence-corrected chi connectivity index (χ3v) is 27.0. The van der Waals surface area contributed by atoms with E-state index in [9.17, 15) is 57.8 Å².